The highest BCUT2D eigenvalue weighted by Crippen LogP contribution is 2.32. The van der Waals surface area contributed by atoms with Crippen LogP contribution >= 0.6 is 0 Å². The first-order valence-electron chi connectivity index (χ1n) is 7.75. The highest BCUT2D eigenvalue weighted by molar-refractivity contribution is 5.90. The number of carbonyl (C=O) groups is 2. The van der Waals surface area contributed by atoms with Gasteiger partial charge in [-0.2, -0.15) is 0 Å². The highest BCUT2D eigenvalue weighted by atomic mass is 16.5. The molecule has 0 N–H and O–H groups in total. The Morgan fingerprint density at radius 3 is 2.75 bits per heavy atom. The van der Waals surface area contributed by atoms with Crippen molar-refractivity contribution in [3.05, 3.63) is 0 Å². The molecule has 0 aromatic rings. The van der Waals surface area contributed by atoms with Gasteiger partial charge < -0.3 is 14.5 Å². The third-order valence-electron chi connectivity index (χ3n) is 5.04. The molecule has 1 unspecified atom stereocenters. The number of hydrogen-bond acceptors (Lipinski definition) is 3. The summed E-state index contributed by atoms with van der Waals surface area (Å²) in [4.78, 5) is 28.5. The normalized spacial score (nSPS) is 30.4. The van der Waals surface area contributed by atoms with Crippen LogP contribution in [0, 0.1) is 5.41 Å². The van der Waals surface area contributed by atoms with E-state index >= 15 is 0 Å². The fourth-order valence-electron chi connectivity index (χ4n) is 3.66. The SMILES string of the molecule is CC1(CN2CCC(=O)N3CCCC3C2=O)CCOCC1. The first-order chi connectivity index (χ1) is 9.59. The fourth-order valence-corrected chi connectivity index (χ4v) is 3.66. The summed E-state index contributed by atoms with van der Waals surface area (Å²) in [5, 5.41) is 0. The number of rotatable bonds is 2. The van der Waals surface area contributed by atoms with Crippen molar-refractivity contribution in [3.8, 4) is 0 Å². The Morgan fingerprint density at radius 1 is 1.25 bits per heavy atom. The highest BCUT2D eigenvalue weighted by Gasteiger charge is 2.41. The average molecular weight is 280 g/mol. The Bertz CT molecular complexity index is 404. The maximum atomic E-state index is 12.7. The Kier molecular flexibility index (Phi) is 3.71. The molecule has 5 heteroatoms. The van der Waals surface area contributed by atoms with Gasteiger partial charge in [0, 0.05) is 39.3 Å². The molecule has 112 valence electrons. The molecule has 0 bridgehead atoms. The van der Waals surface area contributed by atoms with Gasteiger partial charge in [-0.3, -0.25) is 9.59 Å². The van der Waals surface area contributed by atoms with E-state index in [1.807, 2.05) is 4.90 Å². The molecule has 0 spiro atoms. The summed E-state index contributed by atoms with van der Waals surface area (Å²) in [5.74, 6) is 0.321. The van der Waals surface area contributed by atoms with Gasteiger partial charge in [0.1, 0.15) is 6.04 Å². The van der Waals surface area contributed by atoms with Gasteiger partial charge in [0.05, 0.1) is 0 Å². The second-order valence-corrected chi connectivity index (χ2v) is 6.68. The van der Waals surface area contributed by atoms with Crippen molar-refractivity contribution in [1.29, 1.82) is 0 Å². The number of carbonyl (C=O) groups excluding carboxylic acids is 2. The van der Waals surface area contributed by atoms with Gasteiger partial charge in [0.25, 0.3) is 0 Å². The molecule has 3 rings (SSSR count). The van der Waals surface area contributed by atoms with Crippen LogP contribution in [0.3, 0.4) is 0 Å². The molecule has 5 nitrogen and oxygen atoms in total. The zero-order valence-electron chi connectivity index (χ0n) is 12.3. The van der Waals surface area contributed by atoms with E-state index in [0.29, 0.717) is 13.0 Å². The van der Waals surface area contributed by atoms with Crippen molar-refractivity contribution < 1.29 is 14.3 Å². The third kappa shape index (κ3) is 2.55. The van der Waals surface area contributed by atoms with E-state index < -0.39 is 0 Å². The molecule has 3 aliphatic heterocycles. The van der Waals surface area contributed by atoms with Gasteiger partial charge in [-0.05, 0) is 31.1 Å². The number of amides is 2. The summed E-state index contributed by atoms with van der Waals surface area (Å²) in [6, 6.07) is -0.187. The topological polar surface area (TPSA) is 49.9 Å². The van der Waals surface area contributed by atoms with Gasteiger partial charge in [-0.1, -0.05) is 6.92 Å². The molecular weight excluding hydrogens is 256 g/mol. The molecule has 1 atom stereocenters. The zero-order valence-corrected chi connectivity index (χ0v) is 12.3. The van der Waals surface area contributed by atoms with Gasteiger partial charge in [0.15, 0.2) is 0 Å². The number of fused-ring (bicyclic) bond motifs is 1. The lowest BCUT2D eigenvalue weighted by atomic mass is 9.81. The molecular formula is C15H24N2O3. The van der Waals surface area contributed by atoms with E-state index in [-0.39, 0.29) is 23.3 Å². The van der Waals surface area contributed by atoms with Gasteiger partial charge in [-0.15, -0.1) is 0 Å². The van der Waals surface area contributed by atoms with Gasteiger partial charge >= 0.3 is 0 Å². The van der Waals surface area contributed by atoms with Crippen LogP contribution < -0.4 is 0 Å². The van der Waals surface area contributed by atoms with Crippen LogP contribution in [0.5, 0.6) is 0 Å². The minimum absolute atomic E-state index is 0.144. The molecule has 3 heterocycles. The average Bonchev–Trinajstić information content (AvgIpc) is 2.89. The summed E-state index contributed by atoms with van der Waals surface area (Å²) in [6.45, 7) is 5.92. The van der Waals surface area contributed by atoms with Crippen LogP contribution in [0.25, 0.3) is 0 Å². The van der Waals surface area contributed by atoms with Crippen LogP contribution in [0.4, 0.5) is 0 Å². The van der Waals surface area contributed by atoms with Crippen LogP contribution in [-0.2, 0) is 14.3 Å². The Labute approximate surface area is 120 Å². The quantitative estimate of drug-likeness (QED) is 0.759. The molecule has 3 fully saturated rings. The van der Waals surface area contributed by atoms with Crippen LogP contribution in [0.15, 0.2) is 0 Å². The molecule has 2 amide bonds. The fraction of sp³-hybridized carbons (Fsp3) is 0.867. The molecule has 0 aliphatic carbocycles. The number of nitrogens with zero attached hydrogens (tertiary/aromatic N) is 2. The van der Waals surface area contributed by atoms with Crippen molar-refractivity contribution in [2.24, 2.45) is 5.41 Å². The second-order valence-electron chi connectivity index (χ2n) is 6.68. The van der Waals surface area contributed by atoms with Gasteiger partial charge in [-0.25, -0.2) is 0 Å². The zero-order chi connectivity index (χ0) is 14.2. The van der Waals surface area contributed by atoms with E-state index in [9.17, 15) is 9.59 Å². The first kappa shape index (κ1) is 13.9. The van der Waals surface area contributed by atoms with E-state index in [2.05, 4.69) is 6.92 Å². The maximum absolute atomic E-state index is 12.7. The van der Waals surface area contributed by atoms with E-state index in [1.54, 1.807) is 4.90 Å². The van der Waals surface area contributed by atoms with Crippen LogP contribution in [-0.4, -0.2) is 60.5 Å². The van der Waals surface area contributed by atoms with Gasteiger partial charge in [0.2, 0.25) is 11.8 Å². The molecule has 0 radical (unpaired) electrons. The molecule has 3 saturated heterocycles. The Balaban J connectivity index is 1.72. The molecule has 0 aromatic heterocycles. The third-order valence-corrected chi connectivity index (χ3v) is 5.04. The molecule has 20 heavy (non-hydrogen) atoms. The summed E-state index contributed by atoms with van der Waals surface area (Å²) in [7, 11) is 0. The molecule has 0 aromatic carbocycles. The van der Waals surface area contributed by atoms with E-state index in [4.69, 9.17) is 4.74 Å². The van der Waals surface area contributed by atoms with Crippen molar-refractivity contribution in [2.45, 2.75) is 45.1 Å². The summed E-state index contributed by atoms with van der Waals surface area (Å²) >= 11 is 0. The van der Waals surface area contributed by atoms with Crippen molar-refractivity contribution in [3.63, 3.8) is 0 Å². The van der Waals surface area contributed by atoms with Crippen LogP contribution in [0.1, 0.15) is 39.0 Å². The number of ether oxygens (including phenoxy) is 1. The maximum Gasteiger partial charge on any atom is 0.245 e. The lowest BCUT2D eigenvalue weighted by Crippen LogP contribution is -2.47. The van der Waals surface area contributed by atoms with Crippen molar-refractivity contribution in [2.75, 3.05) is 32.8 Å². The monoisotopic (exact) mass is 280 g/mol. The predicted molar refractivity (Wildman–Crippen MR) is 74.1 cm³/mol. The largest absolute Gasteiger partial charge is 0.381 e. The number of hydrogen-bond donors (Lipinski definition) is 0. The second kappa shape index (κ2) is 5.35. The standard InChI is InChI=1S/C15H24N2O3/c1-15(5-9-20-10-6-15)11-16-8-4-13(18)17-7-2-3-12(17)14(16)19/h12H,2-11H2,1H3. The minimum atomic E-state index is -0.187. The summed E-state index contributed by atoms with van der Waals surface area (Å²) < 4.78 is 5.43. The van der Waals surface area contributed by atoms with E-state index in [0.717, 1.165) is 52.0 Å². The first-order valence-corrected chi connectivity index (χ1v) is 7.75. The Hall–Kier alpha value is -1.10. The predicted octanol–water partition coefficient (Wildman–Crippen LogP) is 1.03. The van der Waals surface area contributed by atoms with Crippen molar-refractivity contribution in [1.82, 2.24) is 9.80 Å². The summed E-state index contributed by atoms with van der Waals surface area (Å²) in [6.07, 6.45) is 4.27. The van der Waals surface area contributed by atoms with E-state index in [1.165, 1.54) is 0 Å². The molecule has 0 saturated carbocycles. The lowest BCUT2D eigenvalue weighted by Gasteiger charge is -2.38. The van der Waals surface area contributed by atoms with Crippen molar-refractivity contribution >= 4 is 11.8 Å². The Morgan fingerprint density at radius 2 is 2.00 bits per heavy atom. The molecule has 3 aliphatic rings. The smallest absolute Gasteiger partial charge is 0.245 e. The minimum Gasteiger partial charge on any atom is -0.381 e. The van der Waals surface area contributed by atoms with Crippen LogP contribution in [0.2, 0.25) is 0 Å². The summed E-state index contributed by atoms with van der Waals surface area (Å²) in [5.41, 5.74) is 0.144. The lowest BCUT2D eigenvalue weighted by molar-refractivity contribution is -0.140.